The van der Waals surface area contributed by atoms with Gasteiger partial charge in [0.2, 0.25) is 0 Å². The second-order valence-corrected chi connectivity index (χ2v) is 8.78. The molecule has 4 aromatic rings. The lowest BCUT2D eigenvalue weighted by Crippen LogP contribution is -2.46. The number of methoxy groups -OCH3 is 1. The summed E-state index contributed by atoms with van der Waals surface area (Å²) < 4.78 is 7.61. The fraction of sp³-hybridized carbons (Fsp3) is 0.0870. The Morgan fingerprint density at radius 2 is 1.41 bits per heavy atom. The molecule has 0 saturated heterocycles. The quantitative estimate of drug-likeness (QED) is 0.488. The van der Waals surface area contributed by atoms with E-state index in [4.69, 9.17) is 4.74 Å². The number of imidazole rings is 1. The average molecular weight is 371 g/mol. The lowest BCUT2D eigenvalue weighted by atomic mass is 9.97. The van der Waals surface area contributed by atoms with Crippen LogP contribution < -0.4 is 9.92 Å². The van der Waals surface area contributed by atoms with Crippen molar-refractivity contribution in [2.24, 2.45) is 0 Å². The summed E-state index contributed by atoms with van der Waals surface area (Å²) >= 11 is 0. The highest BCUT2D eigenvalue weighted by Crippen LogP contribution is 2.33. The Bertz CT molecular complexity index is 929. The van der Waals surface area contributed by atoms with E-state index in [0.29, 0.717) is 0 Å². The maximum atomic E-state index is 5.34. The molecule has 0 N–H and O–H groups in total. The minimum atomic E-state index is -0.826. The van der Waals surface area contributed by atoms with Crippen molar-refractivity contribution in [3.8, 4) is 5.75 Å². The number of ether oxygens (including phenoxy) is 1. The maximum Gasteiger partial charge on any atom is 0.118 e. The summed E-state index contributed by atoms with van der Waals surface area (Å²) in [4.78, 5) is 4.37. The van der Waals surface area contributed by atoms with Crippen molar-refractivity contribution in [3.63, 3.8) is 0 Å². The highest BCUT2D eigenvalue weighted by Gasteiger charge is 2.36. The fourth-order valence-electron chi connectivity index (χ4n) is 3.71. The lowest BCUT2D eigenvalue weighted by Gasteiger charge is -2.37. The predicted octanol–water partition coefficient (Wildman–Crippen LogP) is 3.14. The summed E-state index contributed by atoms with van der Waals surface area (Å²) in [7, 11) is 0.879. The van der Waals surface area contributed by atoms with E-state index in [-0.39, 0.29) is 5.16 Å². The molecule has 3 nitrogen and oxygen atoms in total. The first kappa shape index (κ1) is 17.3. The number of rotatable bonds is 6. The molecular weight excluding hydrogens is 348 g/mol. The van der Waals surface area contributed by atoms with Crippen LogP contribution in [0.5, 0.6) is 5.75 Å². The van der Waals surface area contributed by atoms with E-state index in [1.165, 1.54) is 16.3 Å². The fourth-order valence-corrected chi connectivity index (χ4v) is 6.02. The van der Waals surface area contributed by atoms with E-state index < -0.39 is 9.52 Å². The highest BCUT2D eigenvalue weighted by atomic mass is 28.2. The second kappa shape index (κ2) is 7.64. The topological polar surface area (TPSA) is 27.1 Å². The molecule has 0 atom stereocenters. The first-order chi connectivity index (χ1) is 13.3. The zero-order chi connectivity index (χ0) is 18.5. The van der Waals surface area contributed by atoms with Crippen LogP contribution in [0, 0.1) is 0 Å². The van der Waals surface area contributed by atoms with Gasteiger partial charge in [0.1, 0.15) is 5.75 Å². The minimum Gasteiger partial charge on any atom is -0.497 e. The number of hydrogen-bond donors (Lipinski definition) is 0. The number of benzene rings is 3. The molecule has 1 heterocycles. The molecule has 0 saturated carbocycles. The molecular formula is C23H22N2OSi. The molecule has 1 aromatic heterocycles. The van der Waals surface area contributed by atoms with Crippen LogP contribution in [0.25, 0.3) is 0 Å². The summed E-state index contributed by atoms with van der Waals surface area (Å²) in [6.45, 7) is 0. The Balaban J connectivity index is 1.92. The Morgan fingerprint density at radius 3 is 1.89 bits per heavy atom. The molecule has 3 aromatic carbocycles. The summed E-state index contributed by atoms with van der Waals surface area (Å²) in [5.41, 5.74) is 2.58. The Labute approximate surface area is 162 Å². The molecule has 0 unspecified atom stereocenters. The zero-order valence-electron chi connectivity index (χ0n) is 15.3. The van der Waals surface area contributed by atoms with Crippen molar-refractivity contribution in [2.45, 2.75) is 5.16 Å². The smallest absolute Gasteiger partial charge is 0.118 e. The monoisotopic (exact) mass is 370 g/mol. The molecule has 0 spiro atoms. The summed E-state index contributed by atoms with van der Waals surface area (Å²) in [6, 6.07) is 30.0. The van der Waals surface area contributed by atoms with Crippen LogP contribution in [-0.2, 0) is 5.16 Å². The van der Waals surface area contributed by atoms with Crippen LogP contribution in [0.4, 0.5) is 0 Å². The Hall–Kier alpha value is -3.11. The first-order valence-corrected chi connectivity index (χ1v) is 10.5. The number of aromatic nitrogens is 2. The maximum absolute atomic E-state index is 5.34. The largest absolute Gasteiger partial charge is 0.497 e. The average Bonchev–Trinajstić information content (AvgIpc) is 3.29. The van der Waals surface area contributed by atoms with Gasteiger partial charge in [-0.25, -0.2) is 4.98 Å². The third-order valence-electron chi connectivity index (χ3n) is 5.07. The highest BCUT2D eigenvalue weighted by molar-refractivity contribution is 6.57. The molecule has 27 heavy (non-hydrogen) atoms. The molecule has 0 aliphatic carbocycles. The Morgan fingerprint density at radius 1 is 0.815 bits per heavy atom. The van der Waals surface area contributed by atoms with Gasteiger partial charge in [0.25, 0.3) is 0 Å². The van der Waals surface area contributed by atoms with Crippen LogP contribution in [-0.4, -0.2) is 26.2 Å². The third kappa shape index (κ3) is 3.31. The van der Waals surface area contributed by atoms with Crippen LogP contribution >= 0.6 is 0 Å². The van der Waals surface area contributed by atoms with Gasteiger partial charge in [-0.3, -0.25) is 0 Å². The van der Waals surface area contributed by atoms with E-state index in [9.17, 15) is 0 Å². The summed E-state index contributed by atoms with van der Waals surface area (Å²) in [5.74, 6) is 0.889. The van der Waals surface area contributed by atoms with Crippen LogP contribution in [0.15, 0.2) is 104 Å². The van der Waals surface area contributed by atoms with E-state index in [0.717, 1.165) is 5.75 Å². The summed E-state index contributed by atoms with van der Waals surface area (Å²) in [6.07, 6.45) is 5.89. The number of hydrogen-bond acceptors (Lipinski definition) is 2. The van der Waals surface area contributed by atoms with Crippen LogP contribution in [0.2, 0.25) is 0 Å². The molecule has 0 aliphatic rings. The van der Waals surface area contributed by atoms with Gasteiger partial charge < -0.3 is 9.30 Å². The SMILES string of the molecule is COc1ccc([SiH2]C(c2ccccc2)(c2ccccc2)n2ccnc2)cc1. The van der Waals surface area contributed by atoms with Crippen LogP contribution in [0.1, 0.15) is 11.1 Å². The van der Waals surface area contributed by atoms with Gasteiger partial charge in [-0.15, -0.1) is 0 Å². The standard InChI is InChI=1S/C23H22N2OSi/c1-26-21-12-14-22(15-13-21)27-23(25-17-16-24-18-25,19-8-4-2-5-9-19)20-10-6-3-7-11-20/h2-18H,27H2,1H3. The molecule has 0 fully saturated rings. The molecule has 4 rings (SSSR count). The Kier molecular flexibility index (Phi) is 4.90. The van der Waals surface area contributed by atoms with Gasteiger partial charge in [-0.2, -0.15) is 0 Å². The van der Waals surface area contributed by atoms with E-state index >= 15 is 0 Å². The zero-order valence-corrected chi connectivity index (χ0v) is 16.7. The molecule has 4 heteroatoms. The van der Waals surface area contributed by atoms with Crippen molar-refractivity contribution in [3.05, 3.63) is 115 Å². The normalized spacial score (nSPS) is 11.7. The molecule has 0 amide bonds. The van der Waals surface area contributed by atoms with Gasteiger partial charge in [0.05, 0.1) is 28.1 Å². The van der Waals surface area contributed by atoms with Gasteiger partial charge in [0, 0.05) is 12.4 Å². The molecule has 134 valence electrons. The van der Waals surface area contributed by atoms with Crippen molar-refractivity contribution in [1.82, 2.24) is 9.55 Å². The van der Waals surface area contributed by atoms with E-state index in [1.54, 1.807) is 7.11 Å². The van der Waals surface area contributed by atoms with Crippen molar-refractivity contribution < 1.29 is 4.74 Å². The van der Waals surface area contributed by atoms with Crippen molar-refractivity contribution in [2.75, 3.05) is 7.11 Å². The minimum absolute atomic E-state index is 0.242. The van der Waals surface area contributed by atoms with Gasteiger partial charge in [-0.1, -0.05) is 78.0 Å². The van der Waals surface area contributed by atoms with Crippen molar-refractivity contribution >= 4 is 14.7 Å². The van der Waals surface area contributed by atoms with Gasteiger partial charge in [-0.05, 0) is 23.3 Å². The first-order valence-electron chi connectivity index (χ1n) is 9.05. The molecule has 0 aliphatic heterocycles. The van der Waals surface area contributed by atoms with E-state index in [2.05, 4.69) is 101 Å². The second-order valence-electron chi connectivity index (χ2n) is 6.59. The van der Waals surface area contributed by atoms with E-state index in [1.807, 2.05) is 12.5 Å². The predicted molar refractivity (Wildman–Crippen MR) is 112 cm³/mol. The number of nitrogens with zero attached hydrogens (tertiary/aromatic N) is 2. The lowest BCUT2D eigenvalue weighted by molar-refractivity contribution is 0.415. The van der Waals surface area contributed by atoms with Crippen LogP contribution in [0.3, 0.4) is 0 Å². The van der Waals surface area contributed by atoms with Gasteiger partial charge in [0.15, 0.2) is 0 Å². The third-order valence-corrected chi connectivity index (χ3v) is 7.64. The van der Waals surface area contributed by atoms with Crippen molar-refractivity contribution in [1.29, 1.82) is 0 Å². The van der Waals surface area contributed by atoms with Gasteiger partial charge >= 0.3 is 0 Å². The molecule has 0 radical (unpaired) electrons. The molecule has 0 bridgehead atoms. The summed E-state index contributed by atoms with van der Waals surface area (Å²) in [5, 5.41) is 1.13.